The van der Waals surface area contributed by atoms with E-state index in [-0.39, 0.29) is 17.0 Å². The number of carbonyl (C=O) groups excluding carboxylic acids is 1. The predicted molar refractivity (Wildman–Crippen MR) is 129 cm³/mol. The van der Waals surface area contributed by atoms with E-state index in [0.29, 0.717) is 4.91 Å². The molecule has 1 aliphatic heterocycles. The molecule has 1 aliphatic rings. The highest BCUT2D eigenvalue weighted by Crippen LogP contribution is 2.32. The van der Waals surface area contributed by atoms with E-state index in [9.17, 15) is 14.7 Å². The first-order valence-electron chi connectivity index (χ1n) is 10.4. The molecule has 1 fully saturated rings. The van der Waals surface area contributed by atoms with Crippen LogP contribution in [-0.4, -0.2) is 27.0 Å². The summed E-state index contributed by atoms with van der Waals surface area (Å²) in [5.74, 6) is -1.08. The van der Waals surface area contributed by atoms with Crippen LogP contribution in [0.2, 0.25) is 0 Å². The lowest BCUT2D eigenvalue weighted by molar-refractivity contribution is -0.116. The fraction of sp³-hybridized carbons (Fsp3) is 0.200. The minimum Gasteiger partial charge on any atom is -0.478 e. The number of nitrogens with zero attached hydrogens (tertiary/aromatic N) is 1. The summed E-state index contributed by atoms with van der Waals surface area (Å²) in [5.41, 5.74) is 5.83. The van der Waals surface area contributed by atoms with E-state index < -0.39 is 5.97 Å². The number of carboxylic acid groups (broad SMARTS) is 1. The Balaban J connectivity index is 1.56. The number of carbonyl (C=O) groups is 2. The van der Waals surface area contributed by atoms with E-state index in [2.05, 4.69) is 29.7 Å². The molecule has 0 spiro atoms. The third-order valence-corrected chi connectivity index (χ3v) is 6.53. The molecule has 4 rings (SSSR count). The molecule has 0 aliphatic carbocycles. The Bertz CT molecular complexity index is 1210. The molecule has 6 nitrogen and oxygen atoms in total. The Kier molecular flexibility index (Phi) is 6.10. The maximum absolute atomic E-state index is 12.6. The Morgan fingerprint density at radius 3 is 2.62 bits per heavy atom. The molecule has 0 bridgehead atoms. The van der Waals surface area contributed by atoms with Gasteiger partial charge in [0.25, 0.3) is 5.91 Å². The lowest BCUT2D eigenvalue weighted by atomic mass is 10.1. The average Bonchev–Trinajstić information content (AvgIpc) is 3.26. The predicted octanol–water partition coefficient (Wildman–Crippen LogP) is 4.95. The van der Waals surface area contributed by atoms with Gasteiger partial charge >= 0.3 is 5.97 Å². The molecule has 3 aromatic rings. The van der Waals surface area contributed by atoms with Crippen LogP contribution in [0.15, 0.2) is 59.5 Å². The summed E-state index contributed by atoms with van der Waals surface area (Å²) in [5, 5.41) is 15.6. The number of aryl methyl sites for hydroxylation is 2. The largest absolute Gasteiger partial charge is 0.478 e. The highest BCUT2D eigenvalue weighted by Gasteiger charge is 2.27. The van der Waals surface area contributed by atoms with E-state index in [0.717, 1.165) is 34.7 Å². The van der Waals surface area contributed by atoms with Crippen molar-refractivity contribution in [1.82, 2.24) is 9.88 Å². The molecule has 1 saturated heterocycles. The zero-order chi connectivity index (χ0) is 22.8. The topological polar surface area (TPSA) is 83.4 Å². The minimum atomic E-state index is -0.960. The van der Waals surface area contributed by atoms with Crippen molar-refractivity contribution in [2.75, 3.05) is 5.32 Å². The van der Waals surface area contributed by atoms with Crippen molar-refractivity contribution in [1.29, 1.82) is 0 Å². The average molecular weight is 448 g/mol. The quantitative estimate of drug-likeness (QED) is 0.466. The fourth-order valence-electron chi connectivity index (χ4n) is 3.80. The maximum atomic E-state index is 12.6. The van der Waals surface area contributed by atoms with Crippen LogP contribution in [0.3, 0.4) is 0 Å². The summed E-state index contributed by atoms with van der Waals surface area (Å²) in [6.07, 6.45) is 2.88. The molecule has 32 heavy (non-hydrogen) atoms. The molecule has 1 amide bonds. The van der Waals surface area contributed by atoms with Gasteiger partial charge in [0.15, 0.2) is 5.50 Å². The monoisotopic (exact) mass is 447 g/mol. The van der Waals surface area contributed by atoms with Gasteiger partial charge in [0.1, 0.15) is 0 Å². The van der Waals surface area contributed by atoms with Crippen molar-refractivity contribution >= 4 is 35.4 Å². The zero-order valence-electron chi connectivity index (χ0n) is 18.2. The number of benzene rings is 2. The number of hydrogen-bond acceptors (Lipinski definition) is 4. The Labute approximate surface area is 191 Å². The van der Waals surface area contributed by atoms with Crippen LogP contribution >= 0.6 is 11.8 Å². The van der Waals surface area contributed by atoms with Crippen LogP contribution in [0.1, 0.15) is 39.8 Å². The summed E-state index contributed by atoms with van der Waals surface area (Å²) in [6, 6.07) is 17.0. The molecule has 0 saturated carbocycles. The highest BCUT2D eigenvalue weighted by molar-refractivity contribution is 8.05. The summed E-state index contributed by atoms with van der Waals surface area (Å²) >= 11 is 1.45. The number of aromatic carboxylic acids is 1. The van der Waals surface area contributed by atoms with Crippen molar-refractivity contribution in [2.45, 2.75) is 32.7 Å². The SMILES string of the molecule is CCc1ccc(NC2NC(=O)C(=Cc3cc(C)n(-c4cccc(C(=O)O)c4)c3C)S2)cc1. The normalized spacial score (nSPS) is 16.9. The van der Waals surface area contributed by atoms with Gasteiger partial charge in [-0.2, -0.15) is 0 Å². The van der Waals surface area contributed by atoms with Gasteiger partial charge in [-0.25, -0.2) is 4.79 Å². The molecule has 2 aromatic carbocycles. The zero-order valence-corrected chi connectivity index (χ0v) is 19.0. The van der Waals surface area contributed by atoms with E-state index in [1.54, 1.807) is 18.2 Å². The maximum Gasteiger partial charge on any atom is 0.335 e. The minimum absolute atomic E-state index is 0.115. The second-order valence-electron chi connectivity index (χ2n) is 7.69. The van der Waals surface area contributed by atoms with Crippen LogP contribution in [0.5, 0.6) is 0 Å². The lowest BCUT2D eigenvalue weighted by Gasteiger charge is -2.12. The van der Waals surface area contributed by atoms with Gasteiger partial charge in [0.05, 0.1) is 10.5 Å². The molecule has 3 N–H and O–H groups in total. The molecule has 1 unspecified atom stereocenters. The van der Waals surface area contributed by atoms with Gasteiger partial charge in [-0.05, 0) is 73.9 Å². The number of aromatic nitrogens is 1. The van der Waals surface area contributed by atoms with Crippen molar-refractivity contribution in [2.24, 2.45) is 0 Å². The lowest BCUT2D eigenvalue weighted by Crippen LogP contribution is -2.30. The summed E-state index contributed by atoms with van der Waals surface area (Å²) in [6.45, 7) is 6.05. The van der Waals surface area contributed by atoms with Gasteiger partial charge in [0, 0.05) is 22.8 Å². The molecular formula is C25H25N3O3S. The van der Waals surface area contributed by atoms with Crippen molar-refractivity contribution in [3.63, 3.8) is 0 Å². The molecule has 0 radical (unpaired) electrons. The number of thioether (sulfide) groups is 1. The van der Waals surface area contributed by atoms with Crippen LogP contribution in [0.4, 0.5) is 5.69 Å². The molecular weight excluding hydrogens is 422 g/mol. The van der Waals surface area contributed by atoms with Gasteiger partial charge < -0.3 is 20.3 Å². The van der Waals surface area contributed by atoms with Gasteiger partial charge in [-0.1, -0.05) is 36.9 Å². The third-order valence-electron chi connectivity index (χ3n) is 5.50. The number of anilines is 1. The van der Waals surface area contributed by atoms with E-state index in [1.807, 2.05) is 48.8 Å². The Morgan fingerprint density at radius 1 is 1.19 bits per heavy atom. The molecule has 7 heteroatoms. The molecule has 164 valence electrons. The highest BCUT2D eigenvalue weighted by atomic mass is 32.2. The number of hydrogen-bond donors (Lipinski definition) is 3. The number of nitrogens with one attached hydrogen (secondary N) is 2. The summed E-state index contributed by atoms with van der Waals surface area (Å²) < 4.78 is 2.00. The first-order valence-corrected chi connectivity index (χ1v) is 11.3. The van der Waals surface area contributed by atoms with E-state index >= 15 is 0 Å². The van der Waals surface area contributed by atoms with Crippen LogP contribution < -0.4 is 10.6 Å². The first kappa shape index (κ1) is 21.8. The van der Waals surface area contributed by atoms with Crippen LogP contribution in [-0.2, 0) is 11.2 Å². The second-order valence-corrected chi connectivity index (χ2v) is 8.84. The smallest absolute Gasteiger partial charge is 0.335 e. The molecule has 1 aromatic heterocycles. The third kappa shape index (κ3) is 4.43. The number of carboxylic acids is 1. The van der Waals surface area contributed by atoms with Crippen molar-refractivity contribution < 1.29 is 14.7 Å². The summed E-state index contributed by atoms with van der Waals surface area (Å²) in [4.78, 5) is 24.5. The second kappa shape index (κ2) is 8.96. The first-order chi connectivity index (χ1) is 15.4. The van der Waals surface area contributed by atoms with Crippen LogP contribution in [0.25, 0.3) is 11.8 Å². The Hall–Kier alpha value is -3.45. The molecule has 1 atom stereocenters. The Morgan fingerprint density at radius 2 is 1.94 bits per heavy atom. The van der Waals surface area contributed by atoms with Gasteiger partial charge in [-0.3, -0.25) is 4.79 Å². The summed E-state index contributed by atoms with van der Waals surface area (Å²) in [7, 11) is 0. The van der Waals surface area contributed by atoms with Crippen molar-refractivity contribution in [3.05, 3.63) is 87.6 Å². The van der Waals surface area contributed by atoms with Crippen LogP contribution in [0, 0.1) is 13.8 Å². The van der Waals surface area contributed by atoms with Gasteiger partial charge in [-0.15, -0.1) is 0 Å². The van der Waals surface area contributed by atoms with Crippen molar-refractivity contribution in [3.8, 4) is 5.69 Å². The van der Waals surface area contributed by atoms with E-state index in [4.69, 9.17) is 0 Å². The molecule has 2 heterocycles. The van der Waals surface area contributed by atoms with Gasteiger partial charge in [0.2, 0.25) is 0 Å². The van der Waals surface area contributed by atoms with E-state index in [1.165, 1.54) is 17.3 Å². The fourth-order valence-corrected chi connectivity index (χ4v) is 4.78. The standard InChI is InChI=1S/C25H25N3O3S/c1-4-17-8-10-20(11-9-17)26-25-27-23(29)22(32-25)14-19-12-15(2)28(16(19)3)21-7-5-6-18(13-21)24(30)31/h5-14,25-26H,4H2,1-3H3,(H,27,29)(H,30,31). The number of amides is 1. The number of rotatable bonds is 6.